The van der Waals surface area contributed by atoms with Crippen LogP contribution in [0.3, 0.4) is 0 Å². The highest BCUT2D eigenvalue weighted by Crippen LogP contribution is 2.29. The van der Waals surface area contributed by atoms with Gasteiger partial charge in [0, 0.05) is 44.1 Å². The molecule has 4 heterocycles. The summed E-state index contributed by atoms with van der Waals surface area (Å²) in [6, 6.07) is -0.00584. The van der Waals surface area contributed by atoms with E-state index in [1.165, 1.54) is 18.4 Å². The minimum absolute atomic E-state index is 0.00584. The van der Waals surface area contributed by atoms with Crippen molar-refractivity contribution in [2.75, 3.05) is 24.5 Å². The second-order valence-corrected chi connectivity index (χ2v) is 7.29. The van der Waals surface area contributed by atoms with Crippen molar-refractivity contribution in [2.45, 2.75) is 58.0 Å². The SMILES string of the molecule is Cc1nc2c(c(N3CCCC3)n1)CCN(C(=O)CC1CCC(=O)N1)C2. The van der Waals surface area contributed by atoms with Crippen molar-refractivity contribution in [1.29, 1.82) is 0 Å². The molecular weight excluding hydrogens is 318 g/mol. The maximum atomic E-state index is 12.6. The highest BCUT2D eigenvalue weighted by molar-refractivity contribution is 5.82. The summed E-state index contributed by atoms with van der Waals surface area (Å²) in [5.41, 5.74) is 2.20. The van der Waals surface area contributed by atoms with Gasteiger partial charge in [-0.2, -0.15) is 0 Å². The standard InChI is InChI=1S/C18H25N5O2/c1-12-19-15-11-23(17(25)10-13-4-5-16(24)21-13)9-6-14(15)18(20-12)22-7-2-3-8-22/h13H,2-11H2,1H3,(H,21,24). The van der Waals surface area contributed by atoms with Crippen LogP contribution < -0.4 is 10.2 Å². The van der Waals surface area contributed by atoms with Gasteiger partial charge in [-0.1, -0.05) is 0 Å². The van der Waals surface area contributed by atoms with E-state index in [0.29, 0.717) is 25.9 Å². The van der Waals surface area contributed by atoms with Crippen LogP contribution in [0.4, 0.5) is 5.82 Å². The summed E-state index contributed by atoms with van der Waals surface area (Å²) < 4.78 is 0. The molecule has 4 rings (SSSR count). The van der Waals surface area contributed by atoms with Crippen LogP contribution >= 0.6 is 0 Å². The Kier molecular flexibility index (Phi) is 4.31. The fourth-order valence-electron chi connectivity index (χ4n) is 4.10. The van der Waals surface area contributed by atoms with E-state index < -0.39 is 0 Å². The van der Waals surface area contributed by atoms with Gasteiger partial charge < -0.3 is 15.1 Å². The Balaban J connectivity index is 1.49. The fourth-order valence-corrected chi connectivity index (χ4v) is 4.10. The second kappa shape index (κ2) is 6.61. The third-order valence-corrected chi connectivity index (χ3v) is 5.42. The number of carbonyl (C=O) groups excluding carboxylic acids is 2. The molecule has 3 aliphatic rings. The summed E-state index contributed by atoms with van der Waals surface area (Å²) in [6.45, 7) is 5.31. The van der Waals surface area contributed by atoms with E-state index in [1.807, 2.05) is 11.8 Å². The number of nitrogens with zero attached hydrogens (tertiary/aromatic N) is 4. The Morgan fingerprint density at radius 3 is 2.72 bits per heavy atom. The molecular formula is C18H25N5O2. The highest BCUT2D eigenvalue weighted by Gasteiger charge is 2.30. The van der Waals surface area contributed by atoms with E-state index in [-0.39, 0.29) is 17.9 Å². The van der Waals surface area contributed by atoms with Crippen LogP contribution in [0.25, 0.3) is 0 Å². The molecule has 3 aliphatic heterocycles. The molecule has 1 aromatic rings. The number of aromatic nitrogens is 2. The first-order chi connectivity index (χ1) is 12.1. The van der Waals surface area contributed by atoms with Crippen molar-refractivity contribution in [3.05, 3.63) is 17.1 Å². The summed E-state index contributed by atoms with van der Waals surface area (Å²) in [6.07, 6.45) is 4.93. The first kappa shape index (κ1) is 16.3. The van der Waals surface area contributed by atoms with Crippen LogP contribution in [0.2, 0.25) is 0 Å². The number of aryl methyl sites for hydroxylation is 1. The normalized spacial score (nSPS) is 22.9. The van der Waals surface area contributed by atoms with Crippen molar-refractivity contribution < 1.29 is 9.59 Å². The Hall–Kier alpha value is -2.18. The number of hydrogen-bond acceptors (Lipinski definition) is 5. The van der Waals surface area contributed by atoms with Gasteiger partial charge in [0.05, 0.1) is 12.2 Å². The van der Waals surface area contributed by atoms with Gasteiger partial charge in [-0.25, -0.2) is 9.97 Å². The molecule has 2 amide bonds. The van der Waals surface area contributed by atoms with Gasteiger partial charge in [-0.05, 0) is 32.6 Å². The van der Waals surface area contributed by atoms with Crippen molar-refractivity contribution >= 4 is 17.6 Å². The molecule has 7 nitrogen and oxygen atoms in total. The highest BCUT2D eigenvalue weighted by atomic mass is 16.2. The summed E-state index contributed by atoms with van der Waals surface area (Å²) in [5.74, 6) is 2.02. The lowest BCUT2D eigenvalue weighted by atomic mass is 10.0. The molecule has 0 radical (unpaired) electrons. The number of carbonyl (C=O) groups is 2. The van der Waals surface area contributed by atoms with Gasteiger partial charge in [0.25, 0.3) is 0 Å². The maximum Gasteiger partial charge on any atom is 0.224 e. The molecule has 1 atom stereocenters. The average Bonchev–Trinajstić information content (AvgIpc) is 3.25. The molecule has 0 bridgehead atoms. The molecule has 134 valence electrons. The van der Waals surface area contributed by atoms with Gasteiger partial charge in [-0.15, -0.1) is 0 Å². The van der Waals surface area contributed by atoms with Gasteiger partial charge >= 0.3 is 0 Å². The molecule has 0 spiro atoms. The fraction of sp³-hybridized carbons (Fsp3) is 0.667. The molecule has 2 saturated heterocycles. The molecule has 1 unspecified atom stereocenters. The van der Waals surface area contributed by atoms with E-state index >= 15 is 0 Å². The molecule has 25 heavy (non-hydrogen) atoms. The summed E-state index contributed by atoms with van der Waals surface area (Å²) in [7, 11) is 0. The Labute approximate surface area is 147 Å². The van der Waals surface area contributed by atoms with Crippen molar-refractivity contribution in [2.24, 2.45) is 0 Å². The van der Waals surface area contributed by atoms with E-state index in [9.17, 15) is 9.59 Å². The number of nitrogens with one attached hydrogen (secondary N) is 1. The lowest BCUT2D eigenvalue weighted by Gasteiger charge is -2.31. The second-order valence-electron chi connectivity index (χ2n) is 7.29. The third-order valence-electron chi connectivity index (χ3n) is 5.42. The Bertz CT molecular complexity index is 699. The first-order valence-corrected chi connectivity index (χ1v) is 9.28. The molecule has 0 aromatic carbocycles. The molecule has 2 fully saturated rings. The first-order valence-electron chi connectivity index (χ1n) is 9.28. The van der Waals surface area contributed by atoms with Gasteiger partial charge in [-0.3, -0.25) is 9.59 Å². The third kappa shape index (κ3) is 3.32. The number of hydrogen-bond donors (Lipinski definition) is 1. The van der Waals surface area contributed by atoms with Crippen LogP contribution in [0.15, 0.2) is 0 Å². The predicted molar refractivity (Wildman–Crippen MR) is 93.1 cm³/mol. The van der Waals surface area contributed by atoms with Crippen molar-refractivity contribution in [3.63, 3.8) is 0 Å². The zero-order chi connectivity index (χ0) is 17.4. The Morgan fingerprint density at radius 1 is 1.20 bits per heavy atom. The lowest BCUT2D eigenvalue weighted by Crippen LogP contribution is -2.40. The van der Waals surface area contributed by atoms with Crippen LogP contribution in [-0.4, -0.2) is 52.4 Å². The Morgan fingerprint density at radius 2 is 2.00 bits per heavy atom. The van der Waals surface area contributed by atoms with E-state index in [2.05, 4.69) is 15.2 Å². The van der Waals surface area contributed by atoms with Gasteiger partial charge in [0.1, 0.15) is 11.6 Å². The maximum absolute atomic E-state index is 12.6. The minimum Gasteiger partial charge on any atom is -0.356 e. The average molecular weight is 343 g/mol. The number of fused-ring (bicyclic) bond motifs is 1. The topological polar surface area (TPSA) is 78.4 Å². The predicted octanol–water partition coefficient (Wildman–Crippen LogP) is 0.939. The van der Waals surface area contributed by atoms with Gasteiger partial charge in [0.2, 0.25) is 11.8 Å². The molecule has 0 aliphatic carbocycles. The van der Waals surface area contributed by atoms with Crippen LogP contribution in [-0.2, 0) is 22.6 Å². The smallest absolute Gasteiger partial charge is 0.224 e. The van der Waals surface area contributed by atoms with Crippen LogP contribution in [0.1, 0.15) is 49.2 Å². The molecule has 1 N–H and O–H groups in total. The van der Waals surface area contributed by atoms with Gasteiger partial charge in [0.15, 0.2) is 0 Å². The number of amides is 2. The van der Waals surface area contributed by atoms with Crippen LogP contribution in [0, 0.1) is 6.92 Å². The summed E-state index contributed by atoms with van der Waals surface area (Å²) in [5, 5.41) is 2.88. The molecule has 0 saturated carbocycles. The van der Waals surface area contributed by atoms with Crippen LogP contribution in [0.5, 0.6) is 0 Å². The minimum atomic E-state index is -0.00584. The summed E-state index contributed by atoms with van der Waals surface area (Å²) in [4.78, 5) is 37.5. The van der Waals surface area contributed by atoms with E-state index in [1.54, 1.807) is 0 Å². The lowest BCUT2D eigenvalue weighted by molar-refractivity contribution is -0.132. The zero-order valence-electron chi connectivity index (χ0n) is 14.8. The largest absolute Gasteiger partial charge is 0.356 e. The van der Waals surface area contributed by atoms with E-state index in [4.69, 9.17) is 4.98 Å². The number of anilines is 1. The monoisotopic (exact) mass is 343 g/mol. The summed E-state index contributed by atoms with van der Waals surface area (Å²) >= 11 is 0. The van der Waals surface area contributed by atoms with E-state index in [0.717, 1.165) is 43.3 Å². The number of rotatable bonds is 3. The molecule has 7 heteroatoms. The zero-order valence-corrected chi connectivity index (χ0v) is 14.8. The molecule has 1 aromatic heterocycles. The van der Waals surface area contributed by atoms with Crippen molar-refractivity contribution in [3.8, 4) is 0 Å². The quantitative estimate of drug-likeness (QED) is 0.884. The van der Waals surface area contributed by atoms with Crippen molar-refractivity contribution in [1.82, 2.24) is 20.2 Å².